The summed E-state index contributed by atoms with van der Waals surface area (Å²) in [6, 6.07) is 0.879. The molecule has 0 spiro atoms. The highest BCUT2D eigenvalue weighted by Gasteiger charge is 2.42. The second-order valence-electron chi connectivity index (χ2n) is 6.36. The Morgan fingerprint density at radius 2 is 1.94 bits per heavy atom. The van der Waals surface area contributed by atoms with Crippen molar-refractivity contribution >= 4 is 0 Å². The standard InChI is InChI=1S/C14H26N2/c1-2-14(7-8-15-9-14)10-16-13(11-3-4-11)12-5-6-12/h11-13,15-16H,2-10H2,1H3. The van der Waals surface area contributed by atoms with Crippen molar-refractivity contribution in [2.45, 2.75) is 51.5 Å². The van der Waals surface area contributed by atoms with Crippen molar-refractivity contribution in [2.75, 3.05) is 19.6 Å². The highest BCUT2D eigenvalue weighted by molar-refractivity contribution is 4.98. The van der Waals surface area contributed by atoms with Gasteiger partial charge in [0.05, 0.1) is 0 Å². The van der Waals surface area contributed by atoms with Crippen LogP contribution in [0, 0.1) is 17.3 Å². The molecule has 3 rings (SSSR count). The third kappa shape index (κ3) is 2.28. The van der Waals surface area contributed by atoms with Crippen molar-refractivity contribution in [1.82, 2.24) is 10.6 Å². The number of rotatable bonds is 6. The summed E-state index contributed by atoms with van der Waals surface area (Å²) in [5.74, 6) is 2.08. The molecular weight excluding hydrogens is 196 g/mol. The predicted octanol–water partition coefficient (Wildman–Crippen LogP) is 2.15. The Labute approximate surface area is 99.6 Å². The number of hydrogen-bond acceptors (Lipinski definition) is 2. The van der Waals surface area contributed by atoms with Crippen LogP contribution >= 0.6 is 0 Å². The van der Waals surface area contributed by atoms with Crippen LogP contribution in [0.4, 0.5) is 0 Å². The van der Waals surface area contributed by atoms with E-state index in [-0.39, 0.29) is 0 Å². The molecule has 1 unspecified atom stereocenters. The van der Waals surface area contributed by atoms with E-state index < -0.39 is 0 Å². The highest BCUT2D eigenvalue weighted by Crippen LogP contribution is 2.45. The first-order valence-corrected chi connectivity index (χ1v) is 7.27. The molecular formula is C14H26N2. The summed E-state index contributed by atoms with van der Waals surface area (Å²) in [4.78, 5) is 0. The minimum absolute atomic E-state index is 0.571. The van der Waals surface area contributed by atoms with Crippen LogP contribution in [0.3, 0.4) is 0 Å². The molecule has 2 nitrogen and oxygen atoms in total. The fourth-order valence-corrected chi connectivity index (χ4v) is 3.34. The van der Waals surface area contributed by atoms with Crippen LogP contribution in [-0.4, -0.2) is 25.7 Å². The minimum atomic E-state index is 0.571. The van der Waals surface area contributed by atoms with E-state index in [0.29, 0.717) is 5.41 Å². The molecule has 1 aliphatic heterocycles. The zero-order valence-electron chi connectivity index (χ0n) is 10.6. The monoisotopic (exact) mass is 222 g/mol. The van der Waals surface area contributed by atoms with Gasteiger partial charge in [0.1, 0.15) is 0 Å². The van der Waals surface area contributed by atoms with Crippen LogP contribution in [0.2, 0.25) is 0 Å². The Bertz CT molecular complexity index is 225. The normalized spacial score (nSPS) is 34.9. The van der Waals surface area contributed by atoms with Gasteiger partial charge in [-0.3, -0.25) is 0 Å². The van der Waals surface area contributed by atoms with Crippen LogP contribution in [0.5, 0.6) is 0 Å². The van der Waals surface area contributed by atoms with E-state index in [9.17, 15) is 0 Å². The van der Waals surface area contributed by atoms with Crippen LogP contribution < -0.4 is 10.6 Å². The molecule has 1 saturated heterocycles. The maximum absolute atomic E-state index is 3.94. The van der Waals surface area contributed by atoms with Crippen LogP contribution in [0.1, 0.15) is 45.4 Å². The van der Waals surface area contributed by atoms with Crippen LogP contribution in [0.25, 0.3) is 0 Å². The SMILES string of the molecule is CCC1(CNC(C2CC2)C2CC2)CCNC1. The molecule has 0 aromatic rings. The summed E-state index contributed by atoms with van der Waals surface area (Å²) in [5.41, 5.74) is 0.571. The van der Waals surface area contributed by atoms with Gasteiger partial charge in [-0.2, -0.15) is 0 Å². The molecule has 2 heteroatoms. The third-order valence-electron chi connectivity index (χ3n) is 5.05. The third-order valence-corrected chi connectivity index (χ3v) is 5.05. The average molecular weight is 222 g/mol. The highest BCUT2D eigenvalue weighted by atomic mass is 15.0. The Kier molecular flexibility index (Phi) is 2.97. The molecule has 92 valence electrons. The maximum atomic E-state index is 3.94. The summed E-state index contributed by atoms with van der Waals surface area (Å²) in [6.07, 6.45) is 8.67. The summed E-state index contributed by atoms with van der Waals surface area (Å²) < 4.78 is 0. The fourth-order valence-electron chi connectivity index (χ4n) is 3.34. The molecule has 1 heterocycles. The molecule has 2 N–H and O–H groups in total. The van der Waals surface area contributed by atoms with Gasteiger partial charge in [-0.15, -0.1) is 0 Å². The predicted molar refractivity (Wildman–Crippen MR) is 67.4 cm³/mol. The summed E-state index contributed by atoms with van der Waals surface area (Å²) in [7, 11) is 0. The van der Waals surface area contributed by atoms with Gasteiger partial charge in [0.2, 0.25) is 0 Å². The van der Waals surface area contributed by atoms with Gasteiger partial charge in [-0.25, -0.2) is 0 Å². The van der Waals surface area contributed by atoms with Crippen LogP contribution in [-0.2, 0) is 0 Å². The number of nitrogens with one attached hydrogen (secondary N) is 2. The zero-order valence-corrected chi connectivity index (χ0v) is 10.6. The minimum Gasteiger partial charge on any atom is -0.316 e. The van der Waals surface area contributed by atoms with E-state index >= 15 is 0 Å². The van der Waals surface area contributed by atoms with Gasteiger partial charge < -0.3 is 10.6 Å². The Hall–Kier alpha value is -0.0800. The lowest BCUT2D eigenvalue weighted by molar-refractivity contribution is 0.261. The summed E-state index contributed by atoms with van der Waals surface area (Å²) >= 11 is 0. The molecule has 0 aromatic heterocycles. The molecule has 0 amide bonds. The molecule has 1 atom stereocenters. The fraction of sp³-hybridized carbons (Fsp3) is 1.00. The molecule has 3 fully saturated rings. The van der Waals surface area contributed by atoms with Crippen molar-refractivity contribution in [3.63, 3.8) is 0 Å². The molecule has 0 radical (unpaired) electrons. The van der Waals surface area contributed by atoms with Gasteiger partial charge in [0, 0.05) is 19.1 Å². The van der Waals surface area contributed by atoms with E-state index in [4.69, 9.17) is 0 Å². The largest absolute Gasteiger partial charge is 0.316 e. The van der Waals surface area contributed by atoms with Gasteiger partial charge in [0.25, 0.3) is 0 Å². The van der Waals surface area contributed by atoms with Gasteiger partial charge >= 0.3 is 0 Å². The van der Waals surface area contributed by atoms with Gasteiger partial charge in [0.15, 0.2) is 0 Å². The second-order valence-corrected chi connectivity index (χ2v) is 6.36. The second kappa shape index (κ2) is 4.30. The van der Waals surface area contributed by atoms with Crippen molar-refractivity contribution in [3.05, 3.63) is 0 Å². The molecule has 3 aliphatic rings. The van der Waals surface area contributed by atoms with E-state index in [2.05, 4.69) is 17.6 Å². The first-order chi connectivity index (χ1) is 7.83. The van der Waals surface area contributed by atoms with Gasteiger partial charge in [-0.1, -0.05) is 6.92 Å². The quantitative estimate of drug-likeness (QED) is 0.719. The zero-order chi connectivity index (χ0) is 11.0. The molecule has 2 saturated carbocycles. The molecule has 2 aliphatic carbocycles. The summed E-state index contributed by atoms with van der Waals surface area (Å²) in [6.45, 7) is 6.08. The lowest BCUT2D eigenvalue weighted by atomic mass is 9.84. The Balaban J connectivity index is 1.53. The van der Waals surface area contributed by atoms with Crippen molar-refractivity contribution in [3.8, 4) is 0 Å². The molecule has 0 aromatic carbocycles. The Morgan fingerprint density at radius 3 is 2.38 bits per heavy atom. The summed E-state index contributed by atoms with van der Waals surface area (Å²) in [5, 5.41) is 7.47. The maximum Gasteiger partial charge on any atom is 0.0124 e. The molecule has 0 bridgehead atoms. The van der Waals surface area contributed by atoms with Gasteiger partial charge in [-0.05, 0) is 62.3 Å². The van der Waals surface area contributed by atoms with E-state index in [0.717, 1.165) is 17.9 Å². The van der Waals surface area contributed by atoms with E-state index in [1.54, 1.807) is 0 Å². The van der Waals surface area contributed by atoms with Crippen LogP contribution in [0.15, 0.2) is 0 Å². The van der Waals surface area contributed by atoms with E-state index in [1.165, 1.54) is 58.2 Å². The topological polar surface area (TPSA) is 24.1 Å². The lowest BCUT2D eigenvalue weighted by Crippen LogP contribution is -2.42. The van der Waals surface area contributed by atoms with Crippen molar-refractivity contribution in [1.29, 1.82) is 0 Å². The lowest BCUT2D eigenvalue weighted by Gasteiger charge is -2.30. The number of hydrogen-bond donors (Lipinski definition) is 2. The first-order valence-electron chi connectivity index (χ1n) is 7.27. The van der Waals surface area contributed by atoms with Crippen molar-refractivity contribution < 1.29 is 0 Å². The molecule has 16 heavy (non-hydrogen) atoms. The first kappa shape index (κ1) is 11.0. The average Bonchev–Trinajstić information content (AvgIpc) is 3.21. The van der Waals surface area contributed by atoms with Crippen molar-refractivity contribution in [2.24, 2.45) is 17.3 Å². The Morgan fingerprint density at radius 1 is 1.25 bits per heavy atom. The van der Waals surface area contributed by atoms with E-state index in [1.807, 2.05) is 0 Å². The smallest absolute Gasteiger partial charge is 0.0124 e.